The molecule has 1 aromatic heterocycles. The van der Waals surface area contributed by atoms with Crippen LogP contribution in [0.1, 0.15) is 45.1 Å². The second-order valence-electron chi connectivity index (χ2n) is 8.33. The van der Waals surface area contributed by atoms with Gasteiger partial charge in [0.05, 0.1) is 15.8 Å². The summed E-state index contributed by atoms with van der Waals surface area (Å²) in [7, 11) is 0. The molecule has 5 nitrogen and oxygen atoms in total. The van der Waals surface area contributed by atoms with Gasteiger partial charge >= 0.3 is 0 Å². The summed E-state index contributed by atoms with van der Waals surface area (Å²) in [6.45, 7) is 5.53. The summed E-state index contributed by atoms with van der Waals surface area (Å²) in [6, 6.07) is 16.4. The highest BCUT2D eigenvalue weighted by atomic mass is 32.1. The molecule has 1 N–H and O–H groups in total. The number of likely N-dealkylation sites (tertiary alicyclic amines) is 1. The molecule has 6 heteroatoms. The van der Waals surface area contributed by atoms with Crippen molar-refractivity contribution in [1.82, 2.24) is 15.2 Å². The quantitative estimate of drug-likeness (QED) is 0.601. The van der Waals surface area contributed by atoms with Crippen LogP contribution in [0.25, 0.3) is 20.8 Å². The Morgan fingerprint density at radius 1 is 1.17 bits per heavy atom. The van der Waals surface area contributed by atoms with Crippen molar-refractivity contribution in [3.63, 3.8) is 0 Å². The number of nitrogens with zero attached hydrogens (tertiary/aromatic N) is 2. The van der Waals surface area contributed by atoms with Crippen LogP contribution in [0.2, 0.25) is 0 Å². The molecule has 1 saturated heterocycles. The normalized spacial score (nSPS) is 14.5. The van der Waals surface area contributed by atoms with Crippen molar-refractivity contribution < 1.29 is 9.59 Å². The van der Waals surface area contributed by atoms with Crippen LogP contribution in [0.5, 0.6) is 0 Å². The smallest absolute Gasteiger partial charge is 0.222 e. The maximum atomic E-state index is 12.5. The Hall–Kier alpha value is -2.73. The van der Waals surface area contributed by atoms with Gasteiger partial charge in [0.15, 0.2) is 0 Å². The highest BCUT2D eigenvalue weighted by Crippen LogP contribution is 2.31. The van der Waals surface area contributed by atoms with Gasteiger partial charge < -0.3 is 10.2 Å². The van der Waals surface area contributed by atoms with E-state index in [1.165, 1.54) is 4.70 Å². The average molecular weight is 422 g/mol. The first kappa shape index (κ1) is 20.5. The lowest BCUT2D eigenvalue weighted by molar-refractivity contribution is -0.128. The molecule has 30 heavy (non-hydrogen) atoms. The maximum Gasteiger partial charge on any atom is 0.222 e. The number of rotatable bonds is 7. The van der Waals surface area contributed by atoms with Crippen molar-refractivity contribution in [2.75, 3.05) is 13.1 Å². The van der Waals surface area contributed by atoms with Crippen LogP contribution in [0.4, 0.5) is 0 Å². The van der Waals surface area contributed by atoms with Crippen molar-refractivity contribution in [2.45, 2.75) is 45.1 Å². The molecule has 1 aliphatic heterocycles. The van der Waals surface area contributed by atoms with Gasteiger partial charge in [-0.15, -0.1) is 11.3 Å². The minimum atomic E-state index is -0.466. The first-order valence-electron chi connectivity index (χ1n) is 10.5. The fourth-order valence-corrected chi connectivity index (χ4v) is 4.85. The molecule has 0 saturated carbocycles. The van der Waals surface area contributed by atoms with E-state index < -0.39 is 5.54 Å². The monoisotopic (exact) mass is 421 g/mol. The van der Waals surface area contributed by atoms with Gasteiger partial charge in [-0.1, -0.05) is 36.4 Å². The van der Waals surface area contributed by atoms with Crippen LogP contribution in [-0.2, 0) is 15.1 Å². The highest BCUT2D eigenvalue weighted by Gasteiger charge is 2.24. The van der Waals surface area contributed by atoms with E-state index in [1.807, 2.05) is 36.9 Å². The standard InChI is InChI=1S/C24H27N3O2S/c1-24(2,26-21(28)9-5-15-27-16-6-10-22(27)29)18-13-11-17(12-14-18)23-25-19-7-3-4-8-20(19)30-23/h3-4,7-8,11-14H,5-6,9-10,15-16H2,1-2H3,(H,26,28). The minimum Gasteiger partial charge on any atom is -0.347 e. The average Bonchev–Trinajstić information content (AvgIpc) is 3.34. The predicted molar refractivity (Wildman–Crippen MR) is 121 cm³/mol. The number of amides is 2. The second kappa shape index (κ2) is 8.56. The number of carbonyl (C=O) groups is 2. The SMILES string of the molecule is CC(C)(NC(=O)CCCN1CCCC1=O)c1ccc(-c2nc3ccccc3s2)cc1. The molecule has 2 amide bonds. The third-order valence-corrected chi connectivity index (χ3v) is 6.69. The maximum absolute atomic E-state index is 12.5. The topological polar surface area (TPSA) is 62.3 Å². The number of nitrogens with one attached hydrogen (secondary N) is 1. The van der Waals surface area contributed by atoms with E-state index in [4.69, 9.17) is 4.98 Å². The van der Waals surface area contributed by atoms with Gasteiger partial charge in [-0.05, 0) is 44.4 Å². The number of benzene rings is 2. The molecule has 1 fully saturated rings. The molecule has 0 bridgehead atoms. The van der Waals surface area contributed by atoms with Gasteiger partial charge in [-0.25, -0.2) is 4.98 Å². The van der Waals surface area contributed by atoms with Gasteiger partial charge in [0, 0.05) is 31.5 Å². The van der Waals surface area contributed by atoms with E-state index >= 15 is 0 Å². The molecule has 0 atom stereocenters. The van der Waals surface area contributed by atoms with Gasteiger partial charge in [-0.2, -0.15) is 0 Å². The summed E-state index contributed by atoms with van der Waals surface area (Å²) in [5.74, 6) is 0.228. The molecule has 0 spiro atoms. The Balaban J connectivity index is 1.36. The largest absolute Gasteiger partial charge is 0.347 e. The number of hydrogen-bond acceptors (Lipinski definition) is 4. The van der Waals surface area contributed by atoms with Crippen LogP contribution in [0.3, 0.4) is 0 Å². The zero-order valence-corrected chi connectivity index (χ0v) is 18.3. The third kappa shape index (κ3) is 4.54. The Labute approximate surface area is 181 Å². The minimum absolute atomic E-state index is 0.0156. The van der Waals surface area contributed by atoms with Gasteiger partial charge in [0.25, 0.3) is 0 Å². The molecule has 3 aromatic rings. The van der Waals surface area contributed by atoms with Gasteiger partial charge in [0.2, 0.25) is 11.8 Å². The molecule has 0 aliphatic carbocycles. The Kier molecular flexibility index (Phi) is 5.86. The summed E-state index contributed by atoms with van der Waals surface area (Å²) < 4.78 is 1.18. The lowest BCUT2D eigenvalue weighted by Gasteiger charge is -2.27. The first-order chi connectivity index (χ1) is 14.4. The molecular formula is C24H27N3O2S. The Morgan fingerprint density at radius 3 is 2.63 bits per heavy atom. The summed E-state index contributed by atoms with van der Waals surface area (Å²) in [5.41, 5.74) is 2.68. The summed E-state index contributed by atoms with van der Waals surface area (Å²) >= 11 is 1.69. The number of carbonyl (C=O) groups excluding carboxylic acids is 2. The lowest BCUT2D eigenvalue weighted by atomic mass is 9.93. The van der Waals surface area contributed by atoms with Crippen LogP contribution in [0, 0.1) is 0 Å². The number of fused-ring (bicyclic) bond motifs is 1. The number of hydrogen-bond donors (Lipinski definition) is 1. The molecule has 156 valence electrons. The molecule has 0 radical (unpaired) electrons. The molecule has 2 aromatic carbocycles. The summed E-state index contributed by atoms with van der Waals surface area (Å²) in [6.07, 6.45) is 2.71. The molecule has 2 heterocycles. The van der Waals surface area contributed by atoms with Gasteiger partial charge in [0.1, 0.15) is 5.01 Å². The zero-order valence-electron chi connectivity index (χ0n) is 17.5. The summed E-state index contributed by atoms with van der Waals surface area (Å²) in [4.78, 5) is 30.7. The van der Waals surface area contributed by atoms with Crippen molar-refractivity contribution in [2.24, 2.45) is 0 Å². The van der Waals surface area contributed by atoms with Crippen LogP contribution < -0.4 is 5.32 Å². The van der Waals surface area contributed by atoms with E-state index in [9.17, 15) is 9.59 Å². The third-order valence-electron chi connectivity index (χ3n) is 5.60. The van der Waals surface area contributed by atoms with E-state index in [-0.39, 0.29) is 11.8 Å². The fraction of sp³-hybridized carbons (Fsp3) is 0.375. The van der Waals surface area contributed by atoms with Crippen molar-refractivity contribution >= 4 is 33.4 Å². The lowest BCUT2D eigenvalue weighted by Crippen LogP contribution is -2.41. The van der Waals surface area contributed by atoms with Crippen molar-refractivity contribution in [1.29, 1.82) is 0 Å². The van der Waals surface area contributed by atoms with E-state index in [0.29, 0.717) is 25.8 Å². The fourth-order valence-electron chi connectivity index (χ4n) is 3.88. The zero-order chi connectivity index (χ0) is 21.1. The van der Waals surface area contributed by atoms with E-state index in [1.54, 1.807) is 11.3 Å². The van der Waals surface area contributed by atoms with E-state index in [2.05, 4.69) is 35.6 Å². The van der Waals surface area contributed by atoms with E-state index in [0.717, 1.165) is 34.6 Å². The molecule has 4 rings (SSSR count). The van der Waals surface area contributed by atoms with Crippen molar-refractivity contribution in [3.8, 4) is 10.6 Å². The van der Waals surface area contributed by atoms with Gasteiger partial charge in [-0.3, -0.25) is 9.59 Å². The Morgan fingerprint density at radius 2 is 1.93 bits per heavy atom. The number of aromatic nitrogens is 1. The van der Waals surface area contributed by atoms with Crippen LogP contribution in [-0.4, -0.2) is 34.8 Å². The first-order valence-corrected chi connectivity index (χ1v) is 11.3. The van der Waals surface area contributed by atoms with Crippen LogP contribution >= 0.6 is 11.3 Å². The second-order valence-corrected chi connectivity index (χ2v) is 9.36. The number of para-hydroxylation sites is 1. The predicted octanol–water partition coefficient (Wildman–Crippen LogP) is 4.72. The highest BCUT2D eigenvalue weighted by molar-refractivity contribution is 7.21. The molecule has 0 unspecified atom stereocenters. The van der Waals surface area contributed by atoms with Crippen LogP contribution in [0.15, 0.2) is 48.5 Å². The number of thiazole rings is 1. The molecule has 1 aliphatic rings. The van der Waals surface area contributed by atoms with Crippen molar-refractivity contribution in [3.05, 3.63) is 54.1 Å². The Bertz CT molecular complexity index is 1020. The molecular weight excluding hydrogens is 394 g/mol. The summed E-state index contributed by atoms with van der Waals surface area (Å²) in [5, 5.41) is 4.14.